The van der Waals surface area contributed by atoms with Gasteiger partial charge in [-0.3, -0.25) is 0 Å². The average Bonchev–Trinajstić information content (AvgIpc) is 2.84. The van der Waals surface area contributed by atoms with Crippen molar-refractivity contribution in [2.75, 3.05) is 12.4 Å². The number of para-hydroxylation sites is 1. The second-order valence-corrected chi connectivity index (χ2v) is 8.62. The predicted molar refractivity (Wildman–Crippen MR) is 134 cm³/mol. The molecule has 0 radical (unpaired) electrons. The van der Waals surface area contributed by atoms with E-state index in [1.807, 2.05) is 39.0 Å². The lowest BCUT2D eigenvalue weighted by Gasteiger charge is -2.19. The normalized spacial score (nSPS) is 10.9. The van der Waals surface area contributed by atoms with E-state index in [0.29, 0.717) is 28.5 Å². The second-order valence-electron chi connectivity index (χ2n) is 8.62. The number of rotatable bonds is 8. The van der Waals surface area contributed by atoms with Gasteiger partial charge in [0.15, 0.2) is 0 Å². The van der Waals surface area contributed by atoms with Gasteiger partial charge >= 0.3 is 18.0 Å². The van der Waals surface area contributed by atoms with Gasteiger partial charge in [0.1, 0.15) is 22.8 Å². The van der Waals surface area contributed by atoms with Gasteiger partial charge < -0.3 is 24.3 Å². The number of methoxy groups -OCH3 is 1. The molecule has 0 aliphatic heterocycles. The highest BCUT2D eigenvalue weighted by Crippen LogP contribution is 2.26. The summed E-state index contributed by atoms with van der Waals surface area (Å²) in [5, 5.41) is 3.08. The number of nitrogens with one attached hydrogen (secondary N) is 1. The number of hydrogen-bond acceptors (Lipinski definition) is 9. The summed E-state index contributed by atoms with van der Waals surface area (Å²) < 4.78 is 22.3. The number of ether oxygens (including phenoxy) is 4. The van der Waals surface area contributed by atoms with Gasteiger partial charge in [0.05, 0.1) is 12.7 Å². The lowest BCUT2D eigenvalue weighted by Crippen LogP contribution is -2.23. The van der Waals surface area contributed by atoms with Crippen molar-refractivity contribution in [3.8, 4) is 29.3 Å². The molecule has 0 saturated heterocycles. The predicted octanol–water partition coefficient (Wildman–Crippen LogP) is 6.16. The fraction of sp³-hybridized carbons (Fsp3) is 0.185. The maximum atomic E-state index is 12.5. The van der Waals surface area contributed by atoms with Crippen molar-refractivity contribution in [1.29, 1.82) is 0 Å². The summed E-state index contributed by atoms with van der Waals surface area (Å²) in [6.45, 7) is 5.45. The van der Waals surface area contributed by atoms with E-state index in [4.69, 9.17) is 18.9 Å². The van der Waals surface area contributed by atoms with E-state index >= 15 is 0 Å². The highest BCUT2D eigenvalue weighted by Gasteiger charge is 2.18. The van der Waals surface area contributed by atoms with Crippen LogP contribution in [-0.2, 0) is 4.74 Å². The first-order chi connectivity index (χ1) is 17.3. The average molecular weight is 487 g/mol. The summed E-state index contributed by atoms with van der Waals surface area (Å²) in [7, 11) is 1.59. The molecule has 0 unspecified atom stereocenters. The van der Waals surface area contributed by atoms with Gasteiger partial charge in [0, 0.05) is 5.69 Å². The molecule has 184 valence electrons. The number of aromatic nitrogens is 3. The van der Waals surface area contributed by atoms with E-state index in [1.165, 1.54) is 0 Å². The van der Waals surface area contributed by atoms with Crippen LogP contribution in [-0.4, -0.2) is 33.6 Å². The minimum Gasteiger partial charge on any atom is -0.497 e. The monoisotopic (exact) mass is 486 g/mol. The molecule has 0 aliphatic rings. The summed E-state index contributed by atoms with van der Waals surface area (Å²) >= 11 is 0. The largest absolute Gasteiger partial charge is 0.497 e. The molecule has 4 rings (SSSR count). The highest BCUT2D eigenvalue weighted by molar-refractivity contribution is 5.91. The zero-order valence-electron chi connectivity index (χ0n) is 20.4. The number of benzene rings is 3. The Kier molecular flexibility index (Phi) is 7.29. The third kappa shape index (κ3) is 6.92. The van der Waals surface area contributed by atoms with E-state index in [0.717, 1.165) is 0 Å². The van der Waals surface area contributed by atoms with Gasteiger partial charge in [-0.05, 0) is 75.4 Å². The van der Waals surface area contributed by atoms with Gasteiger partial charge in [0.25, 0.3) is 0 Å². The standard InChI is InChI=1S/C27H26N4O5/c1-27(2,3)36-23(32)18-9-8-10-19(17-18)28-24-29-25(34-21-11-6-5-7-12-21)31-26(30-24)35-22-15-13-20(33-4)14-16-22/h5-17H,1-4H3,(H,28,29,30,31). The Morgan fingerprint density at radius 2 is 1.36 bits per heavy atom. The summed E-state index contributed by atoms with van der Waals surface area (Å²) in [5.74, 6) is 1.49. The Labute approximate surface area is 209 Å². The first-order valence-corrected chi connectivity index (χ1v) is 11.2. The van der Waals surface area contributed by atoms with E-state index in [-0.39, 0.29) is 18.0 Å². The molecule has 3 aromatic carbocycles. The number of carbonyl (C=O) groups is 1. The molecule has 0 atom stereocenters. The summed E-state index contributed by atoms with van der Waals surface area (Å²) in [5.41, 5.74) is 0.358. The topological polar surface area (TPSA) is 105 Å². The lowest BCUT2D eigenvalue weighted by molar-refractivity contribution is 0.00695. The van der Waals surface area contributed by atoms with E-state index in [9.17, 15) is 4.79 Å². The van der Waals surface area contributed by atoms with Crippen LogP contribution in [0.5, 0.6) is 29.3 Å². The van der Waals surface area contributed by atoms with Crippen LogP contribution in [0.1, 0.15) is 31.1 Å². The molecule has 36 heavy (non-hydrogen) atoms. The van der Waals surface area contributed by atoms with Crippen molar-refractivity contribution in [2.24, 2.45) is 0 Å². The molecule has 0 spiro atoms. The Morgan fingerprint density at radius 1 is 0.750 bits per heavy atom. The van der Waals surface area contributed by atoms with Crippen molar-refractivity contribution in [3.05, 3.63) is 84.4 Å². The molecular formula is C27H26N4O5. The van der Waals surface area contributed by atoms with Gasteiger partial charge in [-0.1, -0.05) is 24.3 Å². The number of esters is 1. The summed E-state index contributed by atoms with van der Waals surface area (Å²) in [6.07, 6.45) is 0. The van der Waals surface area contributed by atoms with Crippen LogP contribution in [0.15, 0.2) is 78.9 Å². The molecule has 0 saturated carbocycles. The Morgan fingerprint density at radius 3 is 1.97 bits per heavy atom. The maximum Gasteiger partial charge on any atom is 0.338 e. The first-order valence-electron chi connectivity index (χ1n) is 11.2. The number of hydrogen-bond donors (Lipinski definition) is 1. The molecule has 4 aromatic rings. The fourth-order valence-corrected chi connectivity index (χ4v) is 3.02. The van der Waals surface area contributed by atoms with Crippen molar-refractivity contribution >= 4 is 17.6 Å². The van der Waals surface area contributed by atoms with E-state index < -0.39 is 11.6 Å². The third-order valence-electron chi connectivity index (χ3n) is 4.57. The van der Waals surface area contributed by atoms with Crippen molar-refractivity contribution in [3.63, 3.8) is 0 Å². The van der Waals surface area contributed by atoms with Gasteiger partial charge in [0.2, 0.25) is 5.95 Å². The van der Waals surface area contributed by atoms with Crippen molar-refractivity contribution in [2.45, 2.75) is 26.4 Å². The molecule has 1 N–H and O–H groups in total. The molecule has 9 nitrogen and oxygen atoms in total. The quantitative estimate of drug-likeness (QED) is 0.293. The molecule has 1 aromatic heterocycles. The van der Waals surface area contributed by atoms with Crippen LogP contribution in [0.4, 0.5) is 11.6 Å². The summed E-state index contributed by atoms with van der Waals surface area (Å²) in [6, 6.07) is 23.0. The minimum atomic E-state index is -0.605. The first kappa shape index (κ1) is 24.5. The molecule has 0 aliphatic carbocycles. The lowest BCUT2D eigenvalue weighted by atomic mass is 10.1. The number of carbonyl (C=O) groups excluding carboxylic acids is 1. The molecule has 0 bridgehead atoms. The Bertz CT molecular complexity index is 1320. The zero-order valence-corrected chi connectivity index (χ0v) is 20.4. The fourth-order valence-electron chi connectivity index (χ4n) is 3.02. The Balaban J connectivity index is 1.61. The van der Waals surface area contributed by atoms with Crippen molar-refractivity contribution < 1.29 is 23.7 Å². The molecule has 1 heterocycles. The number of anilines is 2. The van der Waals surface area contributed by atoms with Crippen molar-refractivity contribution in [1.82, 2.24) is 15.0 Å². The summed E-state index contributed by atoms with van der Waals surface area (Å²) in [4.78, 5) is 25.5. The molecule has 0 amide bonds. The molecular weight excluding hydrogens is 460 g/mol. The smallest absolute Gasteiger partial charge is 0.338 e. The SMILES string of the molecule is COc1ccc(Oc2nc(Nc3cccc(C(=O)OC(C)(C)C)c3)nc(Oc3ccccc3)n2)cc1. The van der Waals surface area contributed by atoms with E-state index in [2.05, 4.69) is 20.3 Å². The Hall–Kier alpha value is -4.66. The van der Waals surface area contributed by atoms with Crippen LogP contribution in [0.25, 0.3) is 0 Å². The van der Waals surface area contributed by atoms with Gasteiger partial charge in [-0.2, -0.15) is 9.97 Å². The number of nitrogens with zero attached hydrogens (tertiary/aromatic N) is 3. The van der Waals surface area contributed by atoms with Crippen LogP contribution >= 0.6 is 0 Å². The highest BCUT2D eigenvalue weighted by atomic mass is 16.6. The molecule has 9 heteroatoms. The van der Waals surface area contributed by atoms with Crippen LogP contribution in [0.3, 0.4) is 0 Å². The van der Waals surface area contributed by atoms with Gasteiger partial charge in [-0.15, -0.1) is 4.98 Å². The zero-order chi connectivity index (χ0) is 25.5. The third-order valence-corrected chi connectivity index (χ3v) is 4.57. The van der Waals surface area contributed by atoms with Crippen LogP contribution in [0, 0.1) is 0 Å². The molecule has 0 fully saturated rings. The van der Waals surface area contributed by atoms with Crippen LogP contribution in [0.2, 0.25) is 0 Å². The second kappa shape index (κ2) is 10.7. The van der Waals surface area contributed by atoms with Crippen LogP contribution < -0.4 is 19.5 Å². The van der Waals surface area contributed by atoms with E-state index in [1.54, 1.807) is 67.8 Å². The van der Waals surface area contributed by atoms with Gasteiger partial charge in [-0.25, -0.2) is 4.79 Å². The maximum absolute atomic E-state index is 12.5. The minimum absolute atomic E-state index is 0.0203.